The summed E-state index contributed by atoms with van der Waals surface area (Å²) in [6, 6.07) is 14.3. The molecular formula is C25H23N3O5S. The van der Waals surface area contributed by atoms with Gasteiger partial charge in [-0.3, -0.25) is 9.78 Å². The molecule has 2 heterocycles. The molecule has 1 aromatic heterocycles. The van der Waals surface area contributed by atoms with Crippen molar-refractivity contribution in [3.8, 4) is 11.1 Å². The second-order valence-corrected chi connectivity index (χ2v) is 9.34. The maximum absolute atomic E-state index is 13.1. The molecule has 2 amide bonds. The number of likely N-dealkylation sites (tertiary alicyclic amines) is 1. The van der Waals surface area contributed by atoms with Crippen LogP contribution in [0.15, 0.2) is 60.2 Å². The van der Waals surface area contributed by atoms with Gasteiger partial charge in [-0.25, -0.2) is 9.59 Å². The lowest BCUT2D eigenvalue weighted by Crippen LogP contribution is -2.61. The van der Waals surface area contributed by atoms with Gasteiger partial charge in [0.1, 0.15) is 18.7 Å². The van der Waals surface area contributed by atoms with Crippen LogP contribution in [0, 0.1) is 0 Å². The molecule has 1 fully saturated rings. The van der Waals surface area contributed by atoms with Crippen LogP contribution < -0.4 is 5.32 Å². The molecule has 9 heteroatoms. The Kier molecular flexibility index (Phi) is 6.02. The van der Waals surface area contributed by atoms with E-state index in [1.54, 1.807) is 11.7 Å². The van der Waals surface area contributed by atoms with E-state index < -0.39 is 30.1 Å². The molecule has 2 aromatic carbocycles. The number of rotatable bonds is 7. The molecule has 174 valence electrons. The second kappa shape index (κ2) is 9.26. The number of alkyl carbamates (subject to hydrolysis) is 1. The number of hydrogen-bond donors (Lipinski definition) is 2. The smallest absolute Gasteiger partial charge is 0.407 e. The van der Waals surface area contributed by atoms with Crippen LogP contribution in [0.3, 0.4) is 0 Å². The van der Waals surface area contributed by atoms with Gasteiger partial charge < -0.3 is 20.1 Å². The molecule has 3 aromatic rings. The fourth-order valence-corrected chi connectivity index (χ4v) is 5.28. The van der Waals surface area contributed by atoms with Gasteiger partial charge in [0.15, 0.2) is 0 Å². The highest BCUT2D eigenvalue weighted by Gasteiger charge is 2.41. The van der Waals surface area contributed by atoms with Crippen molar-refractivity contribution < 1.29 is 24.2 Å². The summed E-state index contributed by atoms with van der Waals surface area (Å²) >= 11 is 1.37. The number of carbonyl (C=O) groups is 3. The van der Waals surface area contributed by atoms with E-state index in [1.165, 1.54) is 16.2 Å². The van der Waals surface area contributed by atoms with Crippen LogP contribution in [0.5, 0.6) is 0 Å². The quantitative estimate of drug-likeness (QED) is 0.541. The predicted molar refractivity (Wildman–Crippen MR) is 126 cm³/mol. The van der Waals surface area contributed by atoms with Crippen molar-refractivity contribution in [1.29, 1.82) is 0 Å². The third-order valence-electron chi connectivity index (χ3n) is 6.41. The number of carboxylic acid groups (broad SMARTS) is 1. The molecule has 2 unspecified atom stereocenters. The normalized spacial score (nSPS) is 17.3. The molecule has 1 aliphatic carbocycles. The lowest BCUT2D eigenvalue weighted by molar-refractivity contribution is -0.158. The van der Waals surface area contributed by atoms with E-state index in [0.717, 1.165) is 27.1 Å². The Morgan fingerprint density at radius 1 is 1.12 bits per heavy atom. The van der Waals surface area contributed by atoms with Crippen molar-refractivity contribution in [1.82, 2.24) is 15.2 Å². The summed E-state index contributed by atoms with van der Waals surface area (Å²) < 4.78 is 5.60. The van der Waals surface area contributed by atoms with Crippen molar-refractivity contribution in [2.75, 3.05) is 13.2 Å². The second-order valence-electron chi connectivity index (χ2n) is 8.37. The largest absolute Gasteiger partial charge is 0.480 e. The van der Waals surface area contributed by atoms with Crippen LogP contribution in [-0.2, 0) is 20.7 Å². The van der Waals surface area contributed by atoms with E-state index in [2.05, 4.69) is 22.4 Å². The Morgan fingerprint density at radius 3 is 2.35 bits per heavy atom. The summed E-state index contributed by atoms with van der Waals surface area (Å²) in [7, 11) is 0. The van der Waals surface area contributed by atoms with Crippen molar-refractivity contribution in [3.63, 3.8) is 0 Å². The van der Waals surface area contributed by atoms with Crippen LogP contribution in [-0.4, -0.2) is 58.2 Å². The Balaban J connectivity index is 1.29. The Hall–Kier alpha value is -3.72. The molecule has 0 spiro atoms. The molecule has 1 saturated heterocycles. The molecule has 34 heavy (non-hydrogen) atoms. The SMILES string of the molecule is O=C(NC(Cc1cncs1)C(=O)N1CCC1C(=O)O)OCC1c2ccccc2-c2ccccc21. The number of ether oxygens (including phenoxy) is 1. The number of carboxylic acids is 1. The molecule has 0 bridgehead atoms. The van der Waals surface area contributed by atoms with Crippen molar-refractivity contribution in [3.05, 3.63) is 76.2 Å². The van der Waals surface area contributed by atoms with Gasteiger partial charge in [0.25, 0.3) is 0 Å². The molecular weight excluding hydrogens is 454 g/mol. The number of thiazole rings is 1. The first-order valence-electron chi connectivity index (χ1n) is 11.0. The highest BCUT2D eigenvalue weighted by molar-refractivity contribution is 7.09. The number of benzene rings is 2. The fourth-order valence-electron chi connectivity index (χ4n) is 4.63. The van der Waals surface area contributed by atoms with Crippen LogP contribution >= 0.6 is 11.3 Å². The van der Waals surface area contributed by atoms with Crippen molar-refractivity contribution in [2.45, 2.75) is 30.8 Å². The first kappa shape index (κ1) is 22.1. The number of carbonyl (C=O) groups excluding carboxylic acids is 2. The van der Waals surface area contributed by atoms with Gasteiger partial charge in [-0.1, -0.05) is 48.5 Å². The predicted octanol–water partition coefficient (Wildman–Crippen LogP) is 3.28. The summed E-state index contributed by atoms with van der Waals surface area (Å²) in [4.78, 5) is 43.4. The van der Waals surface area contributed by atoms with Crippen LogP contribution in [0.4, 0.5) is 4.79 Å². The fraction of sp³-hybridized carbons (Fsp3) is 0.280. The first-order chi connectivity index (χ1) is 16.5. The number of fused-ring (bicyclic) bond motifs is 3. The van der Waals surface area contributed by atoms with E-state index >= 15 is 0 Å². The van der Waals surface area contributed by atoms with Gasteiger partial charge in [-0.2, -0.15) is 0 Å². The van der Waals surface area contributed by atoms with E-state index in [1.807, 2.05) is 36.4 Å². The Morgan fingerprint density at radius 2 is 1.79 bits per heavy atom. The average Bonchev–Trinajstić information content (AvgIpc) is 3.42. The molecule has 5 rings (SSSR count). The average molecular weight is 478 g/mol. The van der Waals surface area contributed by atoms with Gasteiger partial charge in [0.2, 0.25) is 5.91 Å². The van der Waals surface area contributed by atoms with Gasteiger partial charge in [0.05, 0.1) is 5.51 Å². The monoisotopic (exact) mass is 477 g/mol. The zero-order valence-corrected chi connectivity index (χ0v) is 19.0. The zero-order valence-electron chi connectivity index (χ0n) is 18.2. The number of aromatic nitrogens is 1. The van der Waals surface area contributed by atoms with Gasteiger partial charge >= 0.3 is 12.1 Å². The molecule has 8 nitrogen and oxygen atoms in total. The molecule has 2 aliphatic rings. The summed E-state index contributed by atoms with van der Waals surface area (Å²) in [5.41, 5.74) is 6.09. The van der Waals surface area contributed by atoms with Gasteiger partial charge in [0, 0.05) is 30.0 Å². The minimum absolute atomic E-state index is 0.0967. The summed E-state index contributed by atoms with van der Waals surface area (Å²) in [5, 5.41) is 12.0. The topological polar surface area (TPSA) is 109 Å². The van der Waals surface area contributed by atoms with E-state index in [0.29, 0.717) is 13.0 Å². The lowest BCUT2D eigenvalue weighted by atomic mass is 9.98. The van der Waals surface area contributed by atoms with Gasteiger partial charge in [-0.05, 0) is 28.7 Å². The first-order valence-corrected chi connectivity index (χ1v) is 11.9. The molecule has 0 radical (unpaired) electrons. The Labute approximate surface area is 200 Å². The Bertz CT molecular complexity index is 1180. The van der Waals surface area contributed by atoms with E-state index in [9.17, 15) is 19.5 Å². The maximum Gasteiger partial charge on any atom is 0.407 e. The van der Waals surface area contributed by atoms with E-state index in [-0.39, 0.29) is 18.9 Å². The van der Waals surface area contributed by atoms with Crippen molar-refractivity contribution in [2.24, 2.45) is 0 Å². The van der Waals surface area contributed by atoms with Crippen LogP contribution in [0.25, 0.3) is 11.1 Å². The number of nitrogens with one attached hydrogen (secondary N) is 1. The molecule has 0 saturated carbocycles. The molecule has 2 atom stereocenters. The third-order valence-corrected chi connectivity index (χ3v) is 7.21. The number of aliphatic carboxylic acids is 1. The number of hydrogen-bond acceptors (Lipinski definition) is 6. The third kappa shape index (κ3) is 4.14. The number of nitrogens with zero attached hydrogens (tertiary/aromatic N) is 2. The zero-order chi connectivity index (χ0) is 23.7. The van der Waals surface area contributed by atoms with Crippen molar-refractivity contribution >= 4 is 29.3 Å². The standard InChI is InChI=1S/C25H23N3O5S/c29-23(28-10-9-22(28)24(30)31)21(11-15-12-26-14-34-15)27-25(32)33-13-20-18-7-3-1-5-16(18)17-6-2-4-8-19(17)20/h1-8,12,14,20-22H,9-11,13H2,(H,27,32)(H,30,31). The summed E-state index contributed by atoms with van der Waals surface area (Å²) in [6.45, 7) is 0.476. The van der Waals surface area contributed by atoms with Crippen LogP contribution in [0.2, 0.25) is 0 Å². The van der Waals surface area contributed by atoms with E-state index in [4.69, 9.17) is 4.74 Å². The molecule has 2 N–H and O–H groups in total. The van der Waals surface area contributed by atoms with Crippen LogP contribution in [0.1, 0.15) is 28.3 Å². The lowest BCUT2D eigenvalue weighted by Gasteiger charge is -2.40. The summed E-state index contributed by atoms with van der Waals surface area (Å²) in [6.07, 6.45) is 1.54. The molecule has 1 aliphatic heterocycles. The highest BCUT2D eigenvalue weighted by Crippen LogP contribution is 2.44. The summed E-state index contributed by atoms with van der Waals surface area (Å²) in [5.74, 6) is -1.57. The highest BCUT2D eigenvalue weighted by atomic mass is 32.1. The minimum Gasteiger partial charge on any atom is -0.480 e. The van der Waals surface area contributed by atoms with Gasteiger partial charge in [-0.15, -0.1) is 11.3 Å². The maximum atomic E-state index is 13.1. The minimum atomic E-state index is -1.04. The number of amides is 2.